The van der Waals surface area contributed by atoms with Crippen LogP contribution in [0.3, 0.4) is 0 Å². The first kappa shape index (κ1) is 9.67. The van der Waals surface area contributed by atoms with Crippen LogP contribution in [-0.2, 0) is 0 Å². The van der Waals surface area contributed by atoms with Crippen LogP contribution in [0.4, 0.5) is 14.5 Å². The normalized spacial score (nSPS) is 10.8. The number of nitrogens with zero attached hydrogens (tertiary/aromatic N) is 1. The predicted molar refractivity (Wildman–Crippen MR) is 46.3 cm³/mol. The van der Waals surface area contributed by atoms with Crippen LogP contribution in [0.25, 0.3) is 0 Å². The Balaban J connectivity index is 3.23. The summed E-state index contributed by atoms with van der Waals surface area (Å²) in [5, 5.41) is 0.0197. The topological polar surface area (TPSA) is 38.9 Å². The third-order valence-corrected chi connectivity index (χ3v) is 2.16. The summed E-state index contributed by atoms with van der Waals surface area (Å²) in [7, 11) is 0. The van der Waals surface area contributed by atoms with Crippen molar-refractivity contribution in [2.75, 3.05) is 5.73 Å². The molecule has 1 rings (SSSR count). The Morgan fingerprint density at radius 3 is 2.67 bits per heavy atom. The van der Waals surface area contributed by atoms with Crippen LogP contribution in [0.2, 0.25) is 5.15 Å². The number of hydrogen-bond donors (Lipinski definition) is 1. The summed E-state index contributed by atoms with van der Waals surface area (Å²) in [6.45, 7) is 0. The van der Waals surface area contributed by atoms with Gasteiger partial charge in [0.15, 0.2) is 5.15 Å². The van der Waals surface area contributed by atoms with Crippen molar-refractivity contribution in [3.63, 3.8) is 0 Å². The van der Waals surface area contributed by atoms with E-state index in [0.717, 1.165) is 6.07 Å². The largest absolute Gasteiger partial charge is 0.396 e. The van der Waals surface area contributed by atoms with Crippen molar-refractivity contribution >= 4 is 33.2 Å². The van der Waals surface area contributed by atoms with Gasteiger partial charge in [0.1, 0.15) is 4.60 Å². The molecule has 0 saturated heterocycles. The molecular formula is C6H4BrClF2N2. The van der Waals surface area contributed by atoms with Gasteiger partial charge in [0.2, 0.25) is 0 Å². The summed E-state index contributed by atoms with van der Waals surface area (Å²) in [4.78, 5) is 3.57. The van der Waals surface area contributed by atoms with E-state index < -0.39 is 6.43 Å². The molecule has 0 aromatic carbocycles. The van der Waals surface area contributed by atoms with Crippen molar-refractivity contribution in [3.8, 4) is 0 Å². The van der Waals surface area contributed by atoms with Gasteiger partial charge < -0.3 is 5.73 Å². The molecule has 2 nitrogen and oxygen atoms in total. The number of hydrogen-bond acceptors (Lipinski definition) is 2. The lowest BCUT2D eigenvalue weighted by atomic mass is 10.3. The number of aromatic nitrogens is 1. The summed E-state index contributed by atoms with van der Waals surface area (Å²) in [6, 6.07) is 1.10. The smallest absolute Gasteiger partial charge is 0.266 e. The molecule has 6 heteroatoms. The van der Waals surface area contributed by atoms with Crippen molar-refractivity contribution in [1.82, 2.24) is 4.98 Å². The standard InChI is InChI=1S/C6H4BrClF2N2/c7-4-2(6(9)10)1-3(11)5(8)12-4/h1,6H,11H2. The minimum atomic E-state index is -2.61. The Bertz CT molecular complexity index is 306. The minimum Gasteiger partial charge on any atom is -0.396 e. The fraction of sp³-hybridized carbons (Fsp3) is 0.167. The van der Waals surface area contributed by atoms with Gasteiger partial charge in [-0.3, -0.25) is 0 Å². The van der Waals surface area contributed by atoms with Crippen LogP contribution >= 0.6 is 27.5 Å². The van der Waals surface area contributed by atoms with Gasteiger partial charge in [-0.2, -0.15) is 0 Å². The second kappa shape index (κ2) is 3.53. The Labute approximate surface area is 80.9 Å². The van der Waals surface area contributed by atoms with Crippen LogP contribution in [0.15, 0.2) is 10.7 Å². The highest BCUT2D eigenvalue weighted by molar-refractivity contribution is 9.10. The first-order valence-corrected chi connectivity index (χ1v) is 4.09. The van der Waals surface area contributed by atoms with E-state index in [-0.39, 0.29) is 21.0 Å². The molecule has 0 saturated carbocycles. The highest BCUT2D eigenvalue weighted by Crippen LogP contribution is 2.30. The second-order valence-electron chi connectivity index (χ2n) is 2.05. The number of rotatable bonds is 1. The molecule has 1 heterocycles. The van der Waals surface area contributed by atoms with Crippen molar-refractivity contribution in [2.24, 2.45) is 0 Å². The number of nitrogens with two attached hydrogens (primary N) is 1. The van der Waals surface area contributed by atoms with Gasteiger partial charge in [0, 0.05) is 0 Å². The van der Waals surface area contributed by atoms with E-state index in [4.69, 9.17) is 17.3 Å². The van der Waals surface area contributed by atoms with Gasteiger partial charge >= 0.3 is 0 Å². The number of halogens is 4. The van der Waals surface area contributed by atoms with E-state index in [1.54, 1.807) is 0 Å². The maximum Gasteiger partial charge on any atom is 0.266 e. The van der Waals surface area contributed by atoms with Gasteiger partial charge in [0.25, 0.3) is 6.43 Å². The van der Waals surface area contributed by atoms with Gasteiger partial charge in [-0.25, -0.2) is 13.8 Å². The lowest BCUT2D eigenvalue weighted by Gasteiger charge is -2.04. The summed E-state index contributed by atoms with van der Waals surface area (Å²) in [5.41, 5.74) is 5.08. The highest BCUT2D eigenvalue weighted by atomic mass is 79.9. The molecular weight excluding hydrogens is 253 g/mol. The van der Waals surface area contributed by atoms with Crippen molar-refractivity contribution in [1.29, 1.82) is 0 Å². The molecule has 0 aliphatic heterocycles. The molecule has 0 aliphatic carbocycles. The third kappa shape index (κ3) is 1.84. The molecule has 1 aromatic rings. The Morgan fingerprint density at radius 2 is 2.17 bits per heavy atom. The van der Waals surface area contributed by atoms with Crippen LogP contribution in [-0.4, -0.2) is 4.98 Å². The highest BCUT2D eigenvalue weighted by Gasteiger charge is 2.14. The third-order valence-electron chi connectivity index (χ3n) is 1.22. The van der Waals surface area contributed by atoms with Gasteiger partial charge in [0.05, 0.1) is 11.3 Å². The Hall–Kier alpha value is -0.420. The zero-order chi connectivity index (χ0) is 9.30. The molecule has 0 amide bonds. The zero-order valence-corrected chi connectivity index (χ0v) is 8.03. The second-order valence-corrected chi connectivity index (χ2v) is 3.16. The summed E-state index contributed by atoms with van der Waals surface area (Å²) < 4.78 is 24.4. The quantitative estimate of drug-likeness (QED) is 0.786. The SMILES string of the molecule is Nc1cc(C(F)F)c(Br)nc1Cl. The number of nitrogen functional groups attached to an aromatic ring is 1. The fourth-order valence-corrected chi connectivity index (χ4v) is 1.36. The first-order chi connectivity index (χ1) is 5.52. The van der Waals surface area contributed by atoms with Crippen LogP contribution < -0.4 is 5.73 Å². The predicted octanol–water partition coefficient (Wildman–Crippen LogP) is 3.02. The number of anilines is 1. The average Bonchev–Trinajstić information content (AvgIpc) is 1.96. The Kier molecular flexibility index (Phi) is 2.85. The molecule has 0 atom stereocenters. The molecule has 0 spiro atoms. The van der Waals surface area contributed by atoms with Crippen molar-refractivity contribution in [2.45, 2.75) is 6.43 Å². The zero-order valence-electron chi connectivity index (χ0n) is 5.69. The van der Waals surface area contributed by atoms with Crippen molar-refractivity contribution < 1.29 is 8.78 Å². The summed E-state index contributed by atoms with van der Waals surface area (Å²) in [6.07, 6.45) is -2.61. The van der Waals surface area contributed by atoms with Crippen LogP contribution in [0.5, 0.6) is 0 Å². The molecule has 0 fully saturated rings. The van der Waals surface area contributed by atoms with Gasteiger partial charge in [-0.05, 0) is 22.0 Å². The summed E-state index contributed by atoms with van der Waals surface area (Å²) >= 11 is 8.33. The van der Waals surface area contributed by atoms with E-state index in [1.165, 1.54) is 0 Å². The lowest BCUT2D eigenvalue weighted by molar-refractivity contribution is 0.150. The summed E-state index contributed by atoms with van der Waals surface area (Å²) in [5.74, 6) is 0. The fourth-order valence-electron chi connectivity index (χ4n) is 0.655. The van der Waals surface area contributed by atoms with Crippen LogP contribution in [0, 0.1) is 0 Å². The van der Waals surface area contributed by atoms with Crippen LogP contribution in [0.1, 0.15) is 12.0 Å². The maximum absolute atomic E-state index is 12.2. The average molecular weight is 257 g/mol. The van der Waals surface area contributed by atoms with Gasteiger partial charge in [-0.1, -0.05) is 11.6 Å². The van der Waals surface area contributed by atoms with E-state index in [1.807, 2.05) is 0 Å². The number of pyridine rings is 1. The monoisotopic (exact) mass is 256 g/mol. The molecule has 0 radical (unpaired) electrons. The molecule has 2 N–H and O–H groups in total. The number of alkyl halides is 2. The van der Waals surface area contributed by atoms with E-state index in [9.17, 15) is 8.78 Å². The maximum atomic E-state index is 12.2. The first-order valence-electron chi connectivity index (χ1n) is 2.92. The van der Waals surface area contributed by atoms with E-state index in [2.05, 4.69) is 20.9 Å². The van der Waals surface area contributed by atoms with Gasteiger partial charge in [-0.15, -0.1) is 0 Å². The Morgan fingerprint density at radius 1 is 1.58 bits per heavy atom. The molecule has 12 heavy (non-hydrogen) atoms. The van der Waals surface area contributed by atoms with E-state index in [0.29, 0.717) is 0 Å². The molecule has 0 unspecified atom stereocenters. The molecule has 66 valence electrons. The molecule has 1 aromatic heterocycles. The molecule has 0 bridgehead atoms. The van der Waals surface area contributed by atoms with E-state index >= 15 is 0 Å². The van der Waals surface area contributed by atoms with Crippen molar-refractivity contribution in [3.05, 3.63) is 21.4 Å². The lowest BCUT2D eigenvalue weighted by Crippen LogP contribution is -1.95. The molecule has 0 aliphatic rings. The minimum absolute atomic E-state index is 0.0197.